The van der Waals surface area contributed by atoms with E-state index in [2.05, 4.69) is 11.4 Å². The fourth-order valence-electron chi connectivity index (χ4n) is 2.19. The van der Waals surface area contributed by atoms with Crippen LogP contribution in [0.2, 0.25) is 0 Å². The monoisotopic (exact) mass is 282 g/mol. The molecule has 0 spiro atoms. The van der Waals surface area contributed by atoms with Gasteiger partial charge in [0, 0.05) is 0 Å². The van der Waals surface area contributed by atoms with E-state index in [9.17, 15) is 5.26 Å². The van der Waals surface area contributed by atoms with Crippen LogP contribution in [0.5, 0.6) is 11.5 Å². The van der Waals surface area contributed by atoms with Crippen LogP contribution in [-0.2, 0) is 0 Å². The van der Waals surface area contributed by atoms with Gasteiger partial charge in [0.25, 0.3) is 0 Å². The summed E-state index contributed by atoms with van der Waals surface area (Å²) in [6, 6.07) is 15.1. The fraction of sp³-hybridized carbons (Fsp3) is 0.235. The van der Waals surface area contributed by atoms with Gasteiger partial charge in [0.05, 0.1) is 26.0 Å². The molecule has 1 atom stereocenters. The average Bonchev–Trinajstić information content (AvgIpc) is 2.52. The van der Waals surface area contributed by atoms with Crippen LogP contribution in [0.4, 0.5) is 5.69 Å². The summed E-state index contributed by atoms with van der Waals surface area (Å²) in [5.74, 6) is 1.52. The Morgan fingerprint density at radius 2 is 1.76 bits per heavy atom. The van der Waals surface area contributed by atoms with Crippen molar-refractivity contribution < 1.29 is 9.47 Å². The summed E-state index contributed by atoms with van der Waals surface area (Å²) in [7, 11) is 3.25. The lowest BCUT2D eigenvalue weighted by atomic mass is 10.0. The summed E-state index contributed by atoms with van der Waals surface area (Å²) in [5.41, 5.74) is 2.68. The highest BCUT2D eigenvalue weighted by molar-refractivity contribution is 5.58. The number of hydrogen-bond acceptors (Lipinski definition) is 4. The molecule has 1 N–H and O–H groups in total. The second-order valence-electron chi connectivity index (χ2n) is 4.64. The van der Waals surface area contributed by atoms with Gasteiger partial charge < -0.3 is 14.8 Å². The van der Waals surface area contributed by atoms with E-state index in [0.29, 0.717) is 5.75 Å². The molecule has 0 radical (unpaired) electrons. The number of aryl methyl sites for hydroxylation is 1. The van der Waals surface area contributed by atoms with Crippen molar-refractivity contribution in [2.75, 3.05) is 19.5 Å². The first-order chi connectivity index (χ1) is 10.2. The minimum atomic E-state index is -0.453. The zero-order valence-corrected chi connectivity index (χ0v) is 12.4. The Bertz CT molecular complexity index is 662. The molecular weight excluding hydrogens is 264 g/mol. The van der Waals surface area contributed by atoms with Gasteiger partial charge >= 0.3 is 0 Å². The van der Waals surface area contributed by atoms with Crippen molar-refractivity contribution in [3.05, 3.63) is 53.6 Å². The first-order valence-electron chi connectivity index (χ1n) is 6.63. The lowest BCUT2D eigenvalue weighted by Gasteiger charge is -2.17. The topological polar surface area (TPSA) is 54.3 Å². The average molecular weight is 282 g/mol. The van der Waals surface area contributed by atoms with Crippen molar-refractivity contribution in [2.45, 2.75) is 13.0 Å². The number of anilines is 1. The molecule has 4 nitrogen and oxygen atoms in total. The Kier molecular flexibility index (Phi) is 4.68. The minimum absolute atomic E-state index is 0.453. The van der Waals surface area contributed by atoms with Crippen molar-refractivity contribution in [3.63, 3.8) is 0 Å². The molecule has 0 amide bonds. The number of methoxy groups -OCH3 is 2. The summed E-state index contributed by atoms with van der Waals surface area (Å²) < 4.78 is 10.5. The molecule has 2 rings (SSSR count). The van der Waals surface area contributed by atoms with E-state index >= 15 is 0 Å². The van der Waals surface area contributed by atoms with E-state index in [1.807, 2.05) is 49.4 Å². The number of benzene rings is 2. The summed E-state index contributed by atoms with van der Waals surface area (Å²) in [5, 5.41) is 12.6. The van der Waals surface area contributed by atoms with Gasteiger partial charge in [0.2, 0.25) is 0 Å². The molecule has 21 heavy (non-hydrogen) atoms. The molecule has 0 fully saturated rings. The number of ether oxygens (including phenoxy) is 2. The molecule has 1 unspecified atom stereocenters. The van der Waals surface area contributed by atoms with E-state index < -0.39 is 6.04 Å². The zero-order valence-electron chi connectivity index (χ0n) is 12.4. The summed E-state index contributed by atoms with van der Waals surface area (Å²) in [4.78, 5) is 0. The Balaban J connectivity index is 2.28. The van der Waals surface area contributed by atoms with Crippen LogP contribution in [0.1, 0.15) is 17.2 Å². The second kappa shape index (κ2) is 6.67. The van der Waals surface area contributed by atoms with E-state index in [1.165, 1.54) is 0 Å². The van der Waals surface area contributed by atoms with Gasteiger partial charge in [-0.2, -0.15) is 5.26 Å². The molecule has 2 aromatic carbocycles. The number of nitrogens with zero attached hydrogens (tertiary/aromatic N) is 1. The van der Waals surface area contributed by atoms with E-state index in [1.54, 1.807) is 14.2 Å². The molecule has 2 aromatic rings. The first kappa shape index (κ1) is 14.7. The first-order valence-corrected chi connectivity index (χ1v) is 6.63. The summed E-state index contributed by atoms with van der Waals surface area (Å²) >= 11 is 0. The van der Waals surface area contributed by atoms with E-state index in [-0.39, 0.29) is 0 Å². The third-order valence-electron chi connectivity index (χ3n) is 3.29. The second-order valence-corrected chi connectivity index (χ2v) is 4.64. The summed E-state index contributed by atoms with van der Waals surface area (Å²) in [6.07, 6.45) is 0. The van der Waals surface area contributed by atoms with Gasteiger partial charge in [-0.05, 0) is 42.3 Å². The fourth-order valence-corrected chi connectivity index (χ4v) is 2.19. The maximum absolute atomic E-state index is 9.44. The predicted molar refractivity (Wildman–Crippen MR) is 82.7 cm³/mol. The number of para-hydroxylation sites is 2. The number of hydrogen-bond donors (Lipinski definition) is 1. The molecule has 4 heteroatoms. The maximum Gasteiger partial charge on any atom is 0.141 e. The maximum atomic E-state index is 9.44. The standard InChI is InChI=1S/C17H18N2O2/c1-12-10-13(8-9-16(12)20-2)15(11-18)19-14-6-4-5-7-17(14)21-3/h4-10,15,19H,1-3H3. The van der Waals surface area contributed by atoms with Crippen LogP contribution in [-0.4, -0.2) is 14.2 Å². The highest BCUT2D eigenvalue weighted by atomic mass is 16.5. The Labute approximate surface area is 124 Å². The van der Waals surface area contributed by atoms with Crippen molar-refractivity contribution in [2.24, 2.45) is 0 Å². The lowest BCUT2D eigenvalue weighted by Crippen LogP contribution is -2.09. The molecule has 0 saturated heterocycles. The van der Waals surface area contributed by atoms with Gasteiger partial charge in [-0.15, -0.1) is 0 Å². The molecule has 0 saturated carbocycles. The molecule has 0 aliphatic rings. The quantitative estimate of drug-likeness (QED) is 0.908. The highest BCUT2D eigenvalue weighted by Gasteiger charge is 2.13. The minimum Gasteiger partial charge on any atom is -0.496 e. The van der Waals surface area contributed by atoms with Gasteiger partial charge in [0.1, 0.15) is 17.5 Å². The highest BCUT2D eigenvalue weighted by Crippen LogP contribution is 2.29. The zero-order chi connectivity index (χ0) is 15.2. The van der Waals surface area contributed by atoms with Crippen LogP contribution in [0, 0.1) is 18.3 Å². The normalized spacial score (nSPS) is 11.3. The van der Waals surface area contributed by atoms with Crippen LogP contribution in [0.3, 0.4) is 0 Å². The molecule has 0 bridgehead atoms. The molecule has 0 aliphatic heterocycles. The van der Waals surface area contributed by atoms with E-state index in [0.717, 1.165) is 22.6 Å². The van der Waals surface area contributed by atoms with Crippen molar-refractivity contribution in [1.29, 1.82) is 5.26 Å². The third kappa shape index (κ3) is 3.26. The molecule has 0 aromatic heterocycles. The number of nitrogens with one attached hydrogen (secondary N) is 1. The SMILES string of the molecule is COc1ccc(C(C#N)Nc2ccccc2OC)cc1C. The van der Waals surface area contributed by atoms with Crippen LogP contribution < -0.4 is 14.8 Å². The Morgan fingerprint density at radius 3 is 2.38 bits per heavy atom. The predicted octanol–water partition coefficient (Wildman–Crippen LogP) is 3.69. The number of rotatable bonds is 5. The van der Waals surface area contributed by atoms with Crippen LogP contribution in [0.25, 0.3) is 0 Å². The largest absolute Gasteiger partial charge is 0.496 e. The lowest BCUT2D eigenvalue weighted by molar-refractivity contribution is 0.411. The van der Waals surface area contributed by atoms with Gasteiger partial charge in [-0.3, -0.25) is 0 Å². The van der Waals surface area contributed by atoms with E-state index in [4.69, 9.17) is 9.47 Å². The summed E-state index contributed by atoms with van der Waals surface area (Å²) in [6.45, 7) is 1.96. The van der Waals surface area contributed by atoms with Gasteiger partial charge in [0.15, 0.2) is 0 Å². The Hall–Kier alpha value is -2.67. The van der Waals surface area contributed by atoms with Gasteiger partial charge in [-0.1, -0.05) is 18.2 Å². The molecule has 0 heterocycles. The Morgan fingerprint density at radius 1 is 1.05 bits per heavy atom. The van der Waals surface area contributed by atoms with Crippen LogP contribution >= 0.6 is 0 Å². The molecular formula is C17H18N2O2. The van der Waals surface area contributed by atoms with Crippen molar-refractivity contribution >= 4 is 5.69 Å². The van der Waals surface area contributed by atoms with Crippen molar-refractivity contribution in [1.82, 2.24) is 0 Å². The molecule has 108 valence electrons. The van der Waals surface area contributed by atoms with Crippen molar-refractivity contribution in [3.8, 4) is 17.6 Å². The third-order valence-corrected chi connectivity index (χ3v) is 3.29. The van der Waals surface area contributed by atoms with Gasteiger partial charge in [-0.25, -0.2) is 0 Å². The number of nitriles is 1. The van der Waals surface area contributed by atoms with Crippen LogP contribution in [0.15, 0.2) is 42.5 Å². The smallest absolute Gasteiger partial charge is 0.141 e. The molecule has 0 aliphatic carbocycles.